The number of carbonyl (C=O) groups is 1. The largest absolute Gasteiger partial charge is 0.480 e. The Labute approximate surface area is 205 Å². The van der Waals surface area contributed by atoms with Gasteiger partial charge in [0.1, 0.15) is 5.56 Å². The van der Waals surface area contributed by atoms with E-state index in [1.54, 1.807) is 67.1 Å². The quantitative estimate of drug-likeness (QED) is 0.363. The number of hydrogen-bond donors (Lipinski definition) is 1. The van der Waals surface area contributed by atoms with Crippen LogP contribution in [0.4, 0.5) is 11.6 Å². The van der Waals surface area contributed by atoms with Crippen LogP contribution in [0, 0.1) is 0 Å². The van der Waals surface area contributed by atoms with Crippen LogP contribution in [-0.2, 0) is 0 Å². The van der Waals surface area contributed by atoms with Crippen LogP contribution in [-0.4, -0.2) is 39.3 Å². The van der Waals surface area contributed by atoms with E-state index < -0.39 is 5.91 Å². The van der Waals surface area contributed by atoms with E-state index in [9.17, 15) is 9.59 Å². The molecule has 5 aromatic rings. The maximum atomic E-state index is 13.5. The number of anilines is 1. The highest BCUT2D eigenvalue weighted by atomic mass is 16.5. The van der Waals surface area contributed by atoms with E-state index in [0.717, 1.165) is 0 Å². The van der Waals surface area contributed by atoms with Crippen LogP contribution in [0.5, 0.6) is 5.88 Å². The number of nitrogens with one attached hydrogen (secondary N) is 1. The fourth-order valence-electron chi connectivity index (χ4n) is 3.84. The molecule has 0 bridgehead atoms. The summed E-state index contributed by atoms with van der Waals surface area (Å²) in [5.41, 5.74) is 2.92. The summed E-state index contributed by atoms with van der Waals surface area (Å²) in [7, 11) is 1.45. The number of carbonyl (C=O) groups excluding carboxylic acids is 1. The Bertz CT molecular complexity index is 1650. The Morgan fingerprint density at radius 1 is 1.03 bits per heavy atom. The minimum absolute atomic E-state index is 0.177. The minimum atomic E-state index is -0.398. The Hall–Kier alpha value is -5.18. The first-order valence-electron chi connectivity index (χ1n) is 10.9. The first-order chi connectivity index (χ1) is 17.6. The lowest BCUT2D eigenvalue weighted by atomic mass is 10.0. The summed E-state index contributed by atoms with van der Waals surface area (Å²) in [6.07, 6.45) is 4.75. The van der Waals surface area contributed by atoms with Crippen LogP contribution in [0.2, 0.25) is 0 Å². The predicted octanol–water partition coefficient (Wildman–Crippen LogP) is 4.44. The molecule has 176 valence electrons. The summed E-state index contributed by atoms with van der Waals surface area (Å²) in [6.45, 7) is 3.57. The summed E-state index contributed by atoms with van der Waals surface area (Å²) < 4.78 is 6.72. The lowest BCUT2D eigenvalue weighted by Gasteiger charge is -2.12. The predicted molar refractivity (Wildman–Crippen MR) is 139 cm³/mol. The molecule has 0 radical (unpaired) electrons. The normalized spacial score (nSPS) is 10.7. The summed E-state index contributed by atoms with van der Waals surface area (Å²) >= 11 is 0. The topological polar surface area (TPSA) is 111 Å². The molecule has 2 aromatic carbocycles. The fourth-order valence-corrected chi connectivity index (χ4v) is 3.84. The lowest BCUT2D eigenvalue weighted by Crippen LogP contribution is -2.19. The number of benzene rings is 2. The zero-order valence-electron chi connectivity index (χ0n) is 19.3. The first-order valence-corrected chi connectivity index (χ1v) is 10.9. The van der Waals surface area contributed by atoms with Crippen molar-refractivity contribution in [2.75, 3.05) is 12.4 Å². The average molecular weight is 476 g/mol. The van der Waals surface area contributed by atoms with Crippen molar-refractivity contribution in [1.29, 1.82) is 0 Å². The van der Waals surface area contributed by atoms with E-state index in [0.29, 0.717) is 33.4 Å². The molecule has 0 aliphatic carbocycles. The monoisotopic (exact) mass is 476 g/mol. The average Bonchev–Trinajstić information content (AvgIpc) is 2.93. The van der Waals surface area contributed by atoms with Gasteiger partial charge in [0.2, 0.25) is 11.8 Å². The maximum absolute atomic E-state index is 13.5. The van der Waals surface area contributed by atoms with Gasteiger partial charge in [-0.05, 0) is 54.7 Å². The minimum Gasteiger partial charge on any atom is -0.480 e. The van der Waals surface area contributed by atoms with Crippen molar-refractivity contribution < 1.29 is 9.53 Å². The molecule has 0 spiro atoms. The molecule has 0 unspecified atom stereocenters. The fraction of sp³-hybridized carbons (Fsp3) is 0.0370. The Morgan fingerprint density at radius 2 is 1.86 bits per heavy atom. The van der Waals surface area contributed by atoms with Crippen LogP contribution >= 0.6 is 0 Å². The van der Waals surface area contributed by atoms with Crippen molar-refractivity contribution >= 4 is 35.2 Å². The summed E-state index contributed by atoms with van der Waals surface area (Å²) in [6, 6.07) is 19.5. The van der Waals surface area contributed by atoms with Gasteiger partial charge in [-0.25, -0.2) is 19.5 Å². The third-order valence-electron chi connectivity index (χ3n) is 5.55. The van der Waals surface area contributed by atoms with Crippen molar-refractivity contribution in [2.45, 2.75) is 0 Å². The highest BCUT2D eigenvalue weighted by Gasteiger charge is 2.17. The summed E-state index contributed by atoms with van der Waals surface area (Å²) in [5, 5.41) is 3.18. The molecule has 9 nitrogen and oxygen atoms in total. The van der Waals surface area contributed by atoms with Gasteiger partial charge in [-0.15, -0.1) is 0 Å². The molecule has 0 atom stereocenters. The molecular weight excluding hydrogens is 456 g/mol. The van der Waals surface area contributed by atoms with Crippen molar-refractivity contribution in [1.82, 2.24) is 19.5 Å². The number of methoxy groups -OCH3 is 1. The van der Waals surface area contributed by atoms with E-state index in [1.807, 2.05) is 18.2 Å². The van der Waals surface area contributed by atoms with E-state index in [1.165, 1.54) is 11.7 Å². The second-order valence-electron chi connectivity index (χ2n) is 7.75. The molecule has 9 heteroatoms. The molecule has 3 heterocycles. The number of fused-ring (bicyclic) bond motifs is 1. The number of nitrogens with zero attached hydrogens (tertiary/aromatic N) is 5. The van der Waals surface area contributed by atoms with Crippen LogP contribution < -0.4 is 15.6 Å². The van der Waals surface area contributed by atoms with Gasteiger partial charge < -0.3 is 10.1 Å². The van der Waals surface area contributed by atoms with Gasteiger partial charge in [0, 0.05) is 18.0 Å². The van der Waals surface area contributed by atoms with Crippen molar-refractivity contribution in [2.24, 2.45) is 4.99 Å². The summed E-state index contributed by atoms with van der Waals surface area (Å²) in [5.74, 6) is -0.0209. The van der Waals surface area contributed by atoms with Crippen LogP contribution in [0.1, 0.15) is 10.4 Å². The molecule has 5 rings (SSSR count). The van der Waals surface area contributed by atoms with Gasteiger partial charge in [0.15, 0.2) is 0 Å². The van der Waals surface area contributed by atoms with Crippen LogP contribution in [0.25, 0.3) is 27.7 Å². The number of aliphatic imine (C=N–C) groups is 1. The number of amides is 1. The second-order valence-corrected chi connectivity index (χ2v) is 7.75. The van der Waals surface area contributed by atoms with Crippen LogP contribution in [0.15, 0.2) is 95.1 Å². The Morgan fingerprint density at radius 3 is 2.58 bits per heavy atom. The highest BCUT2D eigenvalue weighted by Crippen LogP contribution is 2.28. The molecule has 1 N–H and O–H groups in total. The van der Waals surface area contributed by atoms with Gasteiger partial charge >= 0.3 is 0 Å². The zero-order valence-corrected chi connectivity index (χ0v) is 19.3. The summed E-state index contributed by atoms with van der Waals surface area (Å²) in [4.78, 5) is 43.3. The highest BCUT2D eigenvalue weighted by molar-refractivity contribution is 6.06. The molecule has 1 amide bonds. The van der Waals surface area contributed by atoms with E-state index in [4.69, 9.17) is 4.74 Å². The standard InChI is InChI=1S/C27H20N6O3/c1-28-27-32-23-11-10-17(13-21(23)26(35)33(27)20-8-4-3-5-9-20)18-14-22(25(36-2)30-15-18)24(34)31-19-7-6-12-29-16-19/h3-16H,1H2,2H3,(H,31,34). The van der Waals surface area contributed by atoms with E-state index in [-0.39, 0.29) is 23.0 Å². The third kappa shape index (κ3) is 4.21. The zero-order chi connectivity index (χ0) is 25.1. The number of para-hydroxylation sites is 1. The van der Waals surface area contributed by atoms with E-state index >= 15 is 0 Å². The van der Waals surface area contributed by atoms with Gasteiger partial charge in [-0.3, -0.25) is 14.6 Å². The second kappa shape index (κ2) is 9.59. The number of pyridine rings is 2. The molecular formula is C27H20N6O3. The molecule has 36 heavy (non-hydrogen) atoms. The molecule has 0 saturated carbocycles. The smallest absolute Gasteiger partial charge is 0.267 e. The van der Waals surface area contributed by atoms with Gasteiger partial charge in [-0.2, -0.15) is 0 Å². The Balaban J connectivity index is 1.61. The lowest BCUT2D eigenvalue weighted by molar-refractivity contribution is 0.102. The van der Waals surface area contributed by atoms with Crippen molar-refractivity contribution in [3.8, 4) is 22.7 Å². The van der Waals surface area contributed by atoms with Crippen molar-refractivity contribution in [3.63, 3.8) is 0 Å². The van der Waals surface area contributed by atoms with Crippen LogP contribution in [0.3, 0.4) is 0 Å². The molecule has 0 saturated heterocycles. The number of aromatic nitrogens is 4. The maximum Gasteiger partial charge on any atom is 0.267 e. The molecule has 0 aliphatic heterocycles. The Kier molecular flexibility index (Phi) is 6.02. The number of hydrogen-bond acceptors (Lipinski definition) is 7. The van der Waals surface area contributed by atoms with E-state index in [2.05, 4.69) is 32.0 Å². The SMILES string of the molecule is C=Nc1nc2ccc(-c3cnc(OC)c(C(=O)Nc4cccnc4)c3)cc2c(=O)n1-c1ccccc1. The van der Waals surface area contributed by atoms with Crippen molar-refractivity contribution in [3.05, 3.63) is 101 Å². The van der Waals surface area contributed by atoms with Gasteiger partial charge in [0.05, 0.1) is 35.6 Å². The molecule has 0 fully saturated rings. The number of rotatable bonds is 6. The molecule has 0 aliphatic rings. The third-order valence-corrected chi connectivity index (χ3v) is 5.55. The van der Waals surface area contributed by atoms with Gasteiger partial charge in [0.25, 0.3) is 11.5 Å². The first kappa shape index (κ1) is 22.6. The van der Waals surface area contributed by atoms with Gasteiger partial charge in [-0.1, -0.05) is 24.3 Å². The number of ether oxygens (including phenoxy) is 1. The molecule has 3 aromatic heterocycles.